The molecule has 1 fully saturated rings. The Hall–Kier alpha value is -5.08. The summed E-state index contributed by atoms with van der Waals surface area (Å²) in [6, 6.07) is 25.7. The first kappa shape index (κ1) is 33.3. The van der Waals surface area contributed by atoms with Gasteiger partial charge in [-0.05, 0) is 91.7 Å². The number of methoxy groups -OCH3 is 1. The molecule has 0 aromatic heterocycles. The number of piperidine rings is 1. The highest BCUT2D eigenvalue weighted by atomic mass is 32.2. The Balaban J connectivity index is 1.41. The Kier molecular flexibility index (Phi) is 9.72. The number of sulfonamides is 1. The number of fused-ring (bicyclic) bond motifs is 1. The number of rotatable bonds is 8. The molecule has 1 heterocycles. The van der Waals surface area contributed by atoms with Crippen molar-refractivity contribution in [3.05, 3.63) is 102 Å². The van der Waals surface area contributed by atoms with Crippen molar-refractivity contribution in [3.8, 4) is 11.8 Å². The second-order valence-electron chi connectivity index (χ2n) is 12.3. The molecule has 0 radical (unpaired) electrons. The van der Waals surface area contributed by atoms with Crippen LogP contribution < -0.4 is 9.04 Å². The molecule has 0 unspecified atom stereocenters. The van der Waals surface area contributed by atoms with Crippen LogP contribution in [-0.2, 0) is 26.0 Å². The summed E-state index contributed by atoms with van der Waals surface area (Å²) in [5.41, 5.74) is 0.906. The topological polar surface area (TPSA) is 126 Å². The number of carbonyl (C=O) groups excluding carboxylic acids is 2. The van der Waals surface area contributed by atoms with Gasteiger partial charge >= 0.3 is 12.1 Å². The van der Waals surface area contributed by atoms with Gasteiger partial charge in [-0.25, -0.2) is 18.0 Å². The van der Waals surface area contributed by atoms with Crippen molar-refractivity contribution in [3.63, 3.8) is 0 Å². The average molecular weight is 656 g/mol. The number of amides is 1. The zero-order chi connectivity index (χ0) is 33.8. The van der Waals surface area contributed by atoms with Crippen LogP contribution >= 0.6 is 0 Å². The molecule has 244 valence electrons. The van der Waals surface area contributed by atoms with E-state index in [9.17, 15) is 23.3 Å². The molecule has 0 aliphatic carbocycles. The normalized spacial score (nSPS) is 13.9. The Morgan fingerprint density at radius 3 is 2.28 bits per heavy atom. The predicted octanol–water partition coefficient (Wildman–Crippen LogP) is 6.67. The Labute approximate surface area is 275 Å². The van der Waals surface area contributed by atoms with E-state index in [1.165, 1.54) is 23.5 Å². The predicted molar refractivity (Wildman–Crippen MR) is 178 cm³/mol. The van der Waals surface area contributed by atoms with Crippen molar-refractivity contribution >= 4 is 38.5 Å². The van der Waals surface area contributed by atoms with Gasteiger partial charge in [0.2, 0.25) is 0 Å². The number of hydrogen-bond donors (Lipinski definition) is 0. The van der Waals surface area contributed by atoms with Crippen LogP contribution in [0.25, 0.3) is 10.8 Å². The fourth-order valence-electron chi connectivity index (χ4n) is 5.40. The van der Waals surface area contributed by atoms with Crippen LogP contribution in [0, 0.1) is 11.3 Å². The molecule has 1 aliphatic rings. The number of likely N-dealkylation sites (tertiary alicyclic amines) is 1. The number of nitrogens with zero attached hydrogens (tertiary/aromatic N) is 3. The van der Waals surface area contributed by atoms with E-state index in [0.717, 1.165) is 10.8 Å². The lowest BCUT2D eigenvalue weighted by atomic mass is 10.0. The third-order valence-electron chi connectivity index (χ3n) is 7.74. The maximum Gasteiger partial charge on any atom is 0.410 e. The second-order valence-corrected chi connectivity index (χ2v) is 14.1. The number of benzene rings is 4. The molecule has 10 nitrogen and oxygen atoms in total. The molecule has 5 rings (SSSR count). The molecule has 0 N–H and O–H groups in total. The largest absolute Gasteiger partial charge is 0.490 e. The summed E-state index contributed by atoms with van der Waals surface area (Å²) < 4.78 is 46.4. The van der Waals surface area contributed by atoms with Gasteiger partial charge in [0, 0.05) is 25.9 Å². The minimum absolute atomic E-state index is 0.0477. The first-order chi connectivity index (χ1) is 22.4. The van der Waals surface area contributed by atoms with Gasteiger partial charge in [0.05, 0.1) is 36.5 Å². The summed E-state index contributed by atoms with van der Waals surface area (Å²) in [7, 11) is -3.08. The molecule has 4 aromatic carbocycles. The van der Waals surface area contributed by atoms with Gasteiger partial charge in [0.15, 0.2) is 0 Å². The lowest BCUT2D eigenvalue weighted by Crippen LogP contribution is -2.44. The lowest BCUT2D eigenvalue weighted by molar-refractivity contribution is 0.0126. The Bertz CT molecular complexity index is 1920. The summed E-state index contributed by atoms with van der Waals surface area (Å²) in [6.07, 6.45) is 0.789. The first-order valence-electron chi connectivity index (χ1n) is 15.3. The number of hydrogen-bond acceptors (Lipinski definition) is 8. The third kappa shape index (κ3) is 7.84. The number of ether oxygens (including phenoxy) is 3. The molecule has 0 saturated carbocycles. The van der Waals surface area contributed by atoms with E-state index in [1.54, 1.807) is 53.4 Å². The van der Waals surface area contributed by atoms with Gasteiger partial charge < -0.3 is 19.1 Å². The highest BCUT2D eigenvalue weighted by molar-refractivity contribution is 7.92. The van der Waals surface area contributed by atoms with Crippen LogP contribution in [0.1, 0.15) is 55.1 Å². The van der Waals surface area contributed by atoms with E-state index in [0.29, 0.717) is 48.5 Å². The van der Waals surface area contributed by atoms with E-state index in [1.807, 2.05) is 45.0 Å². The summed E-state index contributed by atoms with van der Waals surface area (Å²) in [4.78, 5) is 26.5. The van der Waals surface area contributed by atoms with Crippen molar-refractivity contribution in [2.24, 2.45) is 0 Å². The summed E-state index contributed by atoms with van der Waals surface area (Å²) >= 11 is 0. The monoisotopic (exact) mass is 655 g/mol. The van der Waals surface area contributed by atoms with Gasteiger partial charge in [-0.15, -0.1) is 0 Å². The van der Waals surface area contributed by atoms with Gasteiger partial charge in [-0.2, -0.15) is 5.26 Å². The molecule has 1 aliphatic heterocycles. The molecular weight excluding hydrogens is 618 g/mol. The van der Waals surface area contributed by atoms with Crippen molar-refractivity contribution in [2.75, 3.05) is 24.5 Å². The van der Waals surface area contributed by atoms with Crippen LogP contribution in [0.15, 0.2) is 89.8 Å². The molecule has 47 heavy (non-hydrogen) atoms. The maximum atomic E-state index is 14.3. The van der Waals surface area contributed by atoms with Gasteiger partial charge in [0.1, 0.15) is 22.4 Å². The van der Waals surface area contributed by atoms with Gasteiger partial charge in [-0.1, -0.05) is 30.3 Å². The highest BCUT2D eigenvalue weighted by Gasteiger charge is 2.31. The summed E-state index contributed by atoms with van der Waals surface area (Å²) in [5.74, 6) is -0.202. The van der Waals surface area contributed by atoms with Crippen molar-refractivity contribution < 1.29 is 32.2 Å². The quantitative estimate of drug-likeness (QED) is 0.193. The average Bonchev–Trinajstić information content (AvgIpc) is 3.06. The standard InChI is InChI=1S/C36H37N3O7S/c1-36(2,3)46-35(41)38-19-17-31(18-20-38)45-30-15-13-29(14-16-30)39(47(42,43)33-8-6-5-7-32(33)34(40)44-4)24-26-10-12-27-11-9-25(23-37)21-28(27)22-26/h5-16,21-22,31H,17-20,24H2,1-4H3. The SMILES string of the molecule is COC(=O)c1ccccc1S(=O)(=O)N(Cc1ccc2ccc(C#N)cc2c1)c1ccc(OC2CCN(C(=O)OC(C)(C)C)CC2)cc1. The first-order valence-corrected chi connectivity index (χ1v) is 16.7. The number of anilines is 1. The Morgan fingerprint density at radius 1 is 0.936 bits per heavy atom. The molecule has 1 saturated heterocycles. The molecule has 4 aromatic rings. The van der Waals surface area contributed by atoms with Gasteiger partial charge in [-0.3, -0.25) is 4.31 Å². The van der Waals surface area contributed by atoms with E-state index in [-0.39, 0.29) is 29.2 Å². The Morgan fingerprint density at radius 2 is 1.62 bits per heavy atom. The van der Waals surface area contributed by atoms with Crippen LogP contribution in [0.3, 0.4) is 0 Å². The highest BCUT2D eigenvalue weighted by Crippen LogP contribution is 2.31. The van der Waals surface area contributed by atoms with Crippen molar-refractivity contribution in [1.82, 2.24) is 4.90 Å². The van der Waals surface area contributed by atoms with Crippen LogP contribution in [0.4, 0.5) is 10.5 Å². The van der Waals surface area contributed by atoms with Crippen molar-refractivity contribution in [2.45, 2.75) is 56.8 Å². The molecule has 0 atom stereocenters. The minimum atomic E-state index is -4.28. The second kappa shape index (κ2) is 13.7. The molecule has 1 amide bonds. The smallest absolute Gasteiger partial charge is 0.410 e. The van der Waals surface area contributed by atoms with Crippen LogP contribution in [-0.4, -0.2) is 57.3 Å². The van der Waals surface area contributed by atoms with Crippen LogP contribution in [0.5, 0.6) is 5.75 Å². The molecular formula is C36H37N3O7S. The lowest BCUT2D eigenvalue weighted by Gasteiger charge is -2.33. The number of esters is 1. The summed E-state index contributed by atoms with van der Waals surface area (Å²) in [6.45, 7) is 6.47. The van der Waals surface area contributed by atoms with Crippen molar-refractivity contribution in [1.29, 1.82) is 5.26 Å². The van der Waals surface area contributed by atoms with Gasteiger partial charge in [0.25, 0.3) is 10.0 Å². The fourth-order valence-corrected chi connectivity index (χ4v) is 7.04. The number of carbonyl (C=O) groups is 2. The van der Waals surface area contributed by atoms with E-state index in [4.69, 9.17) is 14.2 Å². The zero-order valence-corrected chi connectivity index (χ0v) is 27.6. The summed E-state index contributed by atoms with van der Waals surface area (Å²) in [5, 5.41) is 11.1. The van der Waals surface area contributed by atoms with E-state index >= 15 is 0 Å². The maximum absolute atomic E-state index is 14.3. The molecule has 0 bridgehead atoms. The van der Waals surface area contributed by atoms with Crippen LogP contribution in [0.2, 0.25) is 0 Å². The third-order valence-corrected chi connectivity index (χ3v) is 9.57. The number of nitriles is 1. The fraction of sp³-hybridized carbons (Fsp3) is 0.306. The van der Waals surface area contributed by atoms with E-state index < -0.39 is 21.6 Å². The minimum Gasteiger partial charge on any atom is -0.490 e. The zero-order valence-electron chi connectivity index (χ0n) is 26.8. The van der Waals surface area contributed by atoms with E-state index in [2.05, 4.69) is 6.07 Å². The molecule has 11 heteroatoms. The molecule has 0 spiro atoms.